The summed E-state index contributed by atoms with van der Waals surface area (Å²) in [7, 11) is 0. The van der Waals surface area contributed by atoms with Gasteiger partial charge in [0.1, 0.15) is 53.2 Å². The number of hydrogen-bond acceptors (Lipinski definition) is 12. The predicted octanol–water partition coefficient (Wildman–Crippen LogP) is 2.22. The fraction of sp³-hybridized carbons (Fsp3) is 0.778. The van der Waals surface area contributed by atoms with Gasteiger partial charge in [-0.3, -0.25) is 19.2 Å². The molecule has 12 nitrogen and oxygen atoms in total. The molecule has 0 aromatic rings. The van der Waals surface area contributed by atoms with Crippen LogP contribution in [0.3, 0.4) is 0 Å². The van der Waals surface area contributed by atoms with Crippen LogP contribution in [0.4, 0.5) is 0 Å². The zero-order valence-electron chi connectivity index (χ0n) is 29.0. The molecule has 0 aromatic heterocycles. The van der Waals surface area contributed by atoms with Gasteiger partial charge in [0, 0.05) is 55.8 Å². The molecule has 0 aromatic carbocycles. The fourth-order valence-electron chi connectivity index (χ4n) is 12.6. The van der Waals surface area contributed by atoms with Crippen molar-refractivity contribution >= 4 is 23.7 Å². The number of rotatable bonds is 3. The number of ether oxygens (including phenoxy) is 5. The lowest BCUT2D eigenvalue weighted by Crippen LogP contribution is -2.78. The molecule has 2 saturated heterocycles. The lowest BCUT2D eigenvalue weighted by atomic mass is 9.38. The second-order valence-electron chi connectivity index (χ2n) is 16.5. The van der Waals surface area contributed by atoms with E-state index in [9.17, 15) is 34.5 Å². The number of Topliss-reactive ketones (excluding diaryl/α,β-unsaturated/α-hetero) is 1. The summed E-state index contributed by atoms with van der Waals surface area (Å²) in [6.07, 6.45) is -3.92. The Balaban J connectivity index is 1.51. The van der Waals surface area contributed by atoms with Crippen molar-refractivity contribution in [1.29, 1.82) is 0 Å². The van der Waals surface area contributed by atoms with Crippen molar-refractivity contribution in [3.8, 4) is 0 Å². The highest BCUT2D eigenvalue weighted by molar-refractivity contribution is 5.94. The third-order valence-corrected chi connectivity index (χ3v) is 14.5. The molecule has 5 aliphatic carbocycles. The van der Waals surface area contributed by atoms with E-state index in [1.54, 1.807) is 13.8 Å². The van der Waals surface area contributed by atoms with Crippen LogP contribution in [-0.2, 0) is 42.9 Å². The Labute approximate surface area is 280 Å². The second-order valence-corrected chi connectivity index (χ2v) is 16.5. The molecule has 6 fully saturated rings. The molecule has 0 amide bonds. The van der Waals surface area contributed by atoms with Gasteiger partial charge in [0.05, 0.1) is 11.5 Å². The molecule has 3 N–H and O–H groups in total. The molecule has 12 heteroatoms. The van der Waals surface area contributed by atoms with Gasteiger partial charge in [0.25, 0.3) is 0 Å². The molecule has 0 radical (unpaired) electrons. The number of carbonyl (C=O) groups is 4. The van der Waals surface area contributed by atoms with Crippen LogP contribution in [0.25, 0.3) is 0 Å². The monoisotopic (exact) mass is 672 g/mol. The highest BCUT2D eigenvalue weighted by Gasteiger charge is 2.84. The van der Waals surface area contributed by atoms with E-state index in [-0.39, 0.29) is 18.1 Å². The van der Waals surface area contributed by atoms with Crippen molar-refractivity contribution in [2.45, 2.75) is 117 Å². The van der Waals surface area contributed by atoms with E-state index in [1.165, 1.54) is 20.8 Å². The number of aliphatic hydroxyl groups excluding tert-OH is 1. The number of carbonyl (C=O) groups excluding carboxylic acids is 4. The minimum absolute atomic E-state index is 0.0960. The van der Waals surface area contributed by atoms with Crippen LogP contribution < -0.4 is 0 Å². The third kappa shape index (κ3) is 3.70. The van der Waals surface area contributed by atoms with Gasteiger partial charge in [0.2, 0.25) is 0 Å². The lowest BCUT2D eigenvalue weighted by Gasteiger charge is -2.67. The van der Waals surface area contributed by atoms with Gasteiger partial charge in [-0.15, -0.1) is 0 Å². The predicted molar refractivity (Wildman–Crippen MR) is 165 cm³/mol. The average molecular weight is 673 g/mol. The number of epoxide rings is 1. The van der Waals surface area contributed by atoms with Crippen LogP contribution in [0, 0.1) is 57.7 Å². The maximum atomic E-state index is 14.5. The average Bonchev–Trinajstić information content (AvgIpc) is 3.64. The van der Waals surface area contributed by atoms with Gasteiger partial charge in [-0.05, 0) is 43.6 Å². The van der Waals surface area contributed by atoms with Crippen LogP contribution in [0.1, 0.15) is 68.7 Å². The first-order valence-corrected chi connectivity index (χ1v) is 17.1. The first kappa shape index (κ1) is 33.7. The van der Waals surface area contributed by atoms with Crippen molar-refractivity contribution in [3.63, 3.8) is 0 Å². The molecule has 48 heavy (non-hydrogen) atoms. The smallest absolute Gasteiger partial charge is 0.303 e. The van der Waals surface area contributed by atoms with Gasteiger partial charge in [-0.25, -0.2) is 0 Å². The van der Waals surface area contributed by atoms with Crippen LogP contribution in [0.5, 0.6) is 0 Å². The van der Waals surface area contributed by atoms with E-state index < -0.39 is 123 Å². The summed E-state index contributed by atoms with van der Waals surface area (Å²) in [5, 5.41) is 36.8. The van der Waals surface area contributed by atoms with Gasteiger partial charge < -0.3 is 39.0 Å². The number of esters is 3. The quantitative estimate of drug-likeness (QED) is 0.227. The number of hydrogen-bond donors (Lipinski definition) is 3. The molecular formula is C36H48O12. The summed E-state index contributed by atoms with van der Waals surface area (Å²) in [4.78, 5) is 53.2. The Morgan fingerprint density at radius 3 is 2.06 bits per heavy atom. The summed E-state index contributed by atoms with van der Waals surface area (Å²) >= 11 is 0. The third-order valence-electron chi connectivity index (χ3n) is 14.5. The van der Waals surface area contributed by atoms with E-state index in [0.29, 0.717) is 5.76 Å². The molecule has 4 saturated carbocycles. The first-order valence-electron chi connectivity index (χ1n) is 17.1. The first-order chi connectivity index (χ1) is 22.1. The Bertz CT molecular complexity index is 1550. The van der Waals surface area contributed by atoms with Gasteiger partial charge in [-0.1, -0.05) is 34.3 Å². The summed E-state index contributed by atoms with van der Waals surface area (Å²) in [5.74, 6) is -6.45. The number of fused-ring (bicyclic) bond motifs is 10. The van der Waals surface area contributed by atoms with Crippen molar-refractivity contribution in [2.24, 2.45) is 57.7 Å². The van der Waals surface area contributed by atoms with Crippen LogP contribution in [0.2, 0.25) is 0 Å². The van der Waals surface area contributed by atoms with Gasteiger partial charge >= 0.3 is 17.9 Å². The summed E-state index contributed by atoms with van der Waals surface area (Å²) in [6.45, 7) is 18.9. The minimum Gasteiger partial charge on any atom is -0.463 e. The SMILES string of the molecule is C=C1OC2=C[C@@H](C)[C@H]3[C@@H]([C@H](OC(C)=O)[C@H]4[C@H]5C(C(C)[C@H](OC(C)=O)[C@]34C)[C@@]3(C)[C@@H](OC(C)=O)[C@H]4O[C@H]4C[C@]3(O)C(=O)[C@@H]5O)[C@@]2(C)[C@]1(C)O. The van der Waals surface area contributed by atoms with Crippen molar-refractivity contribution < 1.29 is 58.2 Å². The normalized spacial score (nSPS) is 55.8. The molecule has 18 atom stereocenters. The standard InChI is InChI=1S/C36H48O12/c1-13-11-20-33(8,35(10,42)15(3)44-20)25-22(13)32(7)24(28(25)45-16(4)37)21-23(14(2)30(32)46-17(5)38)34(9)31(47-18(6)39)27-19(48-27)12-36(34,43)29(41)26(21)40/h11,13-14,19,21-28,30-31,40,42-43H,3,12H2,1-2,4-10H3/t13-,14?,19+,21-,22+,23?,24-,25+,26-,27+,28-,30+,31+,32-,33+,34+,35-,36+/m1/s1. The largest absolute Gasteiger partial charge is 0.463 e. The second kappa shape index (κ2) is 9.92. The zero-order valence-corrected chi connectivity index (χ0v) is 29.0. The van der Waals surface area contributed by atoms with Crippen molar-refractivity contribution in [2.75, 3.05) is 0 Å². The molecule has 2 aliphatic heterocycles. The topological polar surface area (TPSA) is 178 Å². The van der Waals surface area contributed by atoms with E-state index >= 15 is 0 Å². The van der Waals surface area contributed by atoms with E-state index in [2.05, 4.69) is 6.58 Å². The molecule has 0 spiro atoms. The van der Waals surface area contributed by atoms with E-state index in [0.717, 1.165) is 0 Å². The Morgan fingerprint density at radius 2 is 1.48 bits per heavy atom. The molecule has 264 valence electrons. The van der Waals surface area contributed by atoms with E-state index in [1.807, 2.05) is 33.8 Å². The zero-order chi connectivity index (χ0) is 35.4. The van der Waals surface area contributed by atoms with Crippen LogP contribution in [-0.4, -0.2) is 86.8 Å². The molecule has 0 bridgehead atoms. The number of aliphatic hydroxyl groups is 3. The lowest BCUT2D eigenvalue weighted by molar-refractivity contribution is -0.282. The molecule has 7 rings (SSSR count). The highest BCUT2D eigenvalue weighted by atomic mass is 16.6. The van der Waals surface area contributed by atoms with Gasteiger partial charge in [0.15, 0.2) is 5.78 Å². The van der Waals surface area contributed by atoms with Crippen LogP contribution in [0.15, 0.2) is 24.2 Å². The van der Waals surface area contributed by atoms with Crippen LogP contribution >= 0.6 is 0 Å². The van der Waals surface area contributed by atoms with Crippen molar-refractivity contribution in [1.82, 2.24) is 0 Å². The molecule has 7 aliphatic rings. The molecular weight excluding hydrogens is 624 g/mol. The molecule has 2 heterocycles. The van der Waals surface area contributed by atoms with Crippen molar-refractivity contribution in [3.05, 3.63) is 24.2 Å². The Hall–Kier alpha value is -2.80. The number of ketones is 1. The maximum Gasteiger partial charge on any atom is 0.303 e. The summed E-state index contributed by atoms with van der Waals surface area (Å²) < 4.78 is 30.5. The Morgan fingerprint density at radius 1 is 0.896 bits per heavy atom. The fourth-order valence-corrected chi connectivity index (χ4v) is 12.6. The highest BCUT2D eigenvalue weighted by Crippen LogP contribution is 2.77. The Kier molecular flexibility index (Phi) is 6.96. The number of allylic oxidation sites excluding steroid dienone is 1. The summed E-state index contributed by atoms with van der Waals surface area (Å²) in [6, 6.07) is 0. The van der Waals surface area contributed by atoms with Gasteiger partial charge in [-0.2, -0.15) is 0 Å². The molecule has 2 unspecified atom stereocenters. The summed E-state index contributed by atoms with van der Waals surface area (Å²) in [5.41, 5.74) is -7.47. The van der Waals surface area contributed by atoms with E-state index in [4.69, 9.17) is 23.7 Å². The maximum absolute atomic E-state index is 14.5. The minimum atomic E-state index is -2.15.